The molecule has 0 spiro atoms. The number of aromatic nitrogens is 2. The molecule has 1 atom stereocenters. The van der Waals surface area contributed by atoms with Crippen molar-refractivity contribution >= 4 is 22.7 Å². The van der Waals surface area contributed by atoms with Crippen molar-refractivity contribution in [1.82, 2.24) is 14.9 Å². The van der Waals surface area contributed by atoms with Crippen LogP contribution in [0.3, 0.4) is 0 Å². The fourth-order valence-electron chi connectivity index (χ4n) is 4.67. The molecule has 7 heteroatoms. The Kier molecular flexibility index (Phi) is 5.51. The fourth-order valence-corrected chi connectivity index (χ4v) is 4.67. The Balaban J connectivity index is 1.51. The number of carboxylic acid groups (broad SMARTS) is 1. The molecule has 0 saturated carbocycles. The number of rotatable bonds is 5. The predicted molar refractivity (Wildman–Crippen MR) is 127 cm³/mol. The minimum absolute atomic E-state index is 0.531. The highest BCUT2D eigenvalue weighted by Gasteiger charge is 2.35. The summed E-state index contributed by atoms with van der Waals surface area (Å²) < 4.78 is 0. The molecule has 2 aromatic carbocycles. The first kappa shape index (κ1) is 20.7. The van der Waals surface area contributed by atoms with Gasteiger partial charge in [0.25, 0.3) is 0 Å². The second-order valence-electron chi connectivity index (χ2n) is 8.08. The molecule has 1 fully saturated rings. The first-order valence-corrected chi connectivity index (χ1v) is 10.9. The molecule has 0 unspecified atom stereocenters. The van der Waals surface area contributed by atoms with Crippen LogP contribution in [-0.4, -0.2) is 52.1 Å². The average molecular weight is 438 g/mol. The number of aromatic amines is 1. The van der Waals surface area contributed by atoms with Crippen molar-refractivity contribution in [2.45, 2.75) is 6.04 Å². The SMILES string of the molecule is N#Cc1cccnc1N1CCN([C@@H](C(=O)O)c2c(-c3ccccc3)[nH]c3ccccc23)CC1. The summed E-state index contributed by atoms with van der Waals surface area (Å²) >= 11 is 0. The number of piperazine rings is 1. The molecule has 0 radical (unpaired) electrons. The van der Waals surface area contributed by atoms with E-state index >= 15 is 0 Å². The van der Waals surface area contributed by atoms with Crippen molar-refractivity contribution in [2.75, 3.05) is 31.1 Å². The van der Waals surface area contributed by atoms with Gasteiger partial charge in [-0.05, 0) is 23.8 Å². The number of benzene rings is 2. The first-order valence-electron chi connectivity index (χ1n) is 10.9. The lowest BCUT2D eigenvalue weighted by Gasteiger charge is -2.38. The topological polar surface area (TPSA) is 96.2 Å². The third kappa shape index (κ3) is 3.81. The van der Waals surface area contributed by atoms with Gasteiger partial charge in [-0.25, -0.2) is 4.98 Å². The van der Waals surface area contributed by atoms with E-state index in [0.29, 0.717) is 37.6 Å². The van der Waals surface area contributed by atoms with Crippen LogP contribution in [0.25, 0.3) is 22.2 Å². The van der Waals surface area contributed by atoms with Crippen LogP contribution >= 0.6 is 0 Å². The maximum absolute atomic E-state index is 12.7. The van der Waals surface area contributed by atoms with E-state index in [4.69, 9.17) is 0 Å². The lowest BCUT2D eigenvalue weighted by molar-refractivity contribution is -0.143. The van der Waals surface area contributed by atoms with Crippen LogP contribution in [0.4, 0.5) is 5.82 Å². The summed E-state index contributed by atoms with van der Waals surface area (Å²) in [6.07, 6.45) is 1.68. The number of carbonyl (C=O) groups is 1. The quantitative estimate of drug-likeness (QED) is 0.489. The summed E-state index contributed by atoms with van der Waals surface area (Å²) in [6, 6.07) is 22.6. The predicted octanol–water partition coefficient (Wildman–Crippen LogP) is 4.05. The molecule has 4 aromatic rings. The summed E-state index contributed by atoms with van der Waals surface area (Å²) in [7, 11) is 0. The van der Waals surface area contributed by atoms with Crippen LogP contribution < -0.4 is 4.90 Å². The molecule has 1 aliphatic heterocycles. The largest absolute Gasteiger partial charge is 0.480 e. The molecule has 164 valence electrons. The van der Waals surface area contributed by atoms with Crippen molar-refractivity contribution in [3.63, 3.8) is 0 Å². The van der Waals surface area contributed by atoms with E-state index in [-0.39, 0.29) is 0 Å². The van der Waals surface area contributed by atoms with Crippen molar-refractivity contribution in [3.05, 3.63) is 84.1 Å². The van der Waals surface area contributed by atoms with Crippen LogP contribution in [0.15, 0.2) is 72.9 Å². The van der Waals surface area contributed by atoms with Crippen LogP contribution in [0.2, 0.25) is 0 Å². The van der Waals surface area contributed by atoms with Gasteiger partial charge in [-0.3, -0.25) is 9.69 Å². The molecule has 0 aliphatic carbocycles. The van der Waals surface area contributed by atoms with Gasteiger partial charge in [0, 0.05) is 48.8 Å². The van der Waals surface area contributed by atoms with Gasteiger partial charge in [0.2, 0.25) is 0 Å². The standard InChI is InChI=1S/C26H23N5O2/c27-17-19-9-6-12-28-25(19)31-15-13-30(14-16-31)24(26(32)33)22-20-10-4-5-11-21(20)29-23(22)18-7-2-1-3-8-18/h1-12,24,29H,13-16H2,(H,32,33)/t24-/m1/s1. The van der Waals surface area contributed by atoms with E-state index in [0.717, 1.165) is 27.7 Å². The summed E-state index contributed by atoms with van der Waals surface area (Å²) in [5.74, 6) is -0.218. The van der Waals surface area contributed by atoms with Crippen molar-refractivity contribution in [1.29, 1.82) is 5.26 Å². The second kappa shape index (κ2) is 8.77. The lowest BCUT2D eigenvalue weighted by atomic mass is 9.97. The summed E-state index contributed by atoms with van der Waals surface area (Å²) in [5, 5.41) is 20.7. The molecule has 0 bridgehead atoms. The molecule has 7 nitrogen and oxygen atoms in total. The Labute approximate surface area is 191 Å². The van der Waals surface area contributed by atoms with Crippen LogP contribution in [0.5, 0.6) is 0 Å². The Bertz CT molecular complexity index is 1330. The molecule has 33 heavy (non-hydrogen) atoms. The van der Waals surface area contributed by atoms with E-state index in [2.05, 4.69) is 20.9 Å². The number of carboxylic acids is 1. The fraction of sp³-hybridized carbons (Fsp3) is 0.192. The average Bonchev–Trinajstić information content (AvgIpc) is 3.24. The van der Waals surface area contributed by atoms with E-state index in [1.54, 1.807) is 18.3 Å². The summed E-state index contributed by atoms with van der Waals surface area (Å²) in [4.78, 5) is 24.6. The minimum Gasteiger partial charge on any atom is -0.480 e. The number of fused-ring (bicyclic) bond motifs is 1. The number of anilines is 1. The molecule has 5 rings (SSSR count). The molecule has 1 saturated heterocycles. The zero-order valence-corrected chi connectivity index (χ0v) is 18.0. The molecule has 0 amide bonds. The number of hydrogen-bond acceptors (Lipinski definition) is 5. The van der Waals surface area contributed by atoms with E-state index in [1.165, 1.54) is 0 Å². The van der Waals surface area contributed by atoms with Gasteiger partial charge < -0.3 is 15.0 Å². The number of hydrogen-bond donors (Lipinski definition) is 2. The van der Waals surface area contributed by atoms with Gasteiger partial charge in [0.05, 0.1) is 11.3 Å². The van der Waals surface area contributed by atoms with Gasteiger partial charge >= 0.3 is 5.97 Å². The number of pyridine rings is 1. The Morgan fingerprint density at radius 3 is 2.45 bits per heavy atom. The van der Waals surface area contributed by atoms with E-state index in [9.17, 15) is 15.2 Å². The highest BCUT2D eigenvalue weighted by atomic mass is 16.4. The third-order valence-corrected chi connectivity index (χ3v) is 6.20. The zero-order valence-electron chi connectivity index (χ0n) is 18.0. The maximum Gasteiger partial charge on any atom is 0.325 e. The number of para-hydroxylation sites is 1. The number of H-pyrrole nitrogens is 1. The number of nitriles is 1. The van der Waals surface area contributed by atoms with Crippen LogP contribution in [0.1, 0.15) is 17.2 Å². The van der Waals surface area contributed by atoms with Crippen LogP contribution in [0, 0.1) is 11.3 Å². The highest BCUT2D eigenvalue weighted by Crippen LogP contribution is 2.38. The smallest absolute Gasteiger partial charge is 0.325 e. The van der Waals surface area contributed by atoms with Gasteiger partial charge in [0.15, 0.2) is 0 Å². The van der Waals surface area contributed by atoms with E-state index in [1.807, 2.05) is 59.5 Å². The van der Waals surface area contributed by atoms with Gasteiger partial charge in [-0.1, -0.05) is 48.5 Å². The van der Waals surface area contributed by atoms with Gasteiger partial charge in [-0.15, -0.1) is 0 Å². The monoisotopic (exact) mass is 437 g/mol. The van der Waals surface area contributed by atoms with Gasteiger partial charge in [0.1, 0.15) is 17.9 Å². The van der Waals surface area contributed by atoms with Crippen LogP contribution in [-0.2, 0) is 4.79 Å². The highest BCUT2D eigenvalue weighted by molar-refractivity contribution is 5.95. The van der Waals surface area contributed by atoms with Crippen molar-refractivity contribution in [2.24, 2.45) is 0 Å². The molecule has 2 N–H and O–H groups in total. The molecular weight excluding hydrogens is 414 g/mol. The second-order valence-corrected chi connectivity index (χ2v) is 8.08. The van der Waals surface area contributed by atoms with E-state index < -0.39 is 12.0 Å². The zero-order chi connectivity index (χ0) is 22.8. The Morgan fingerprint density at radius 2 is 1.73 bits per heavy atom. The Hall–Kier alpha value is -4.15. The van der Waals surface area contributed by atoms with Crippen molar-refractivity contribution in [3.8, 4) is 17.3 Å². The molecule has 3 heterocycles. The minimum atomic E-state index is -0.874. The molecule has 1 aliphatic rings. The van der Waals surface area contributed by atoms with Crippen molar-refractivity contribution < 1.29 is 9.90 Å². The first-order chi connectivity index (χ1) is 16.2. The van der Waals surface area contributed by atoms with Gasteiger partial charge in [-0.2, -0.15) is 5.26 Å². The lowest BCUT2D eigenvalue weighted by Crippen LogP contribution is -2.49. The number of aliphatic carboxylic acids is 1. The maximum atomic E-state index is 12.7. The number of nitrogens with one attached hydrogen (secondary N) is 1. The Morgan fingerprint density at radius 1 is 1.00 bits per heavy atom. The molecular formula is C26H23N5O2. The number of nitrogens with zero attached hydrogens (tertiary/aromatic N) is 4. The normalized spacial score (nSPS) is 15.3. The molecule has 2 aromatic heterocycles. The third-order valence-electron chi connectivity index (χ3n) is 6.20. The summed E-state index contributed by atoms with van der Waals surface area (Å²) in [5.41, 5.74) is 4.03. The summed E-state index contributed by atoms with van der Waals surface area (Å²) in [6.45, 7) is 2.29.